The zero-order chi connectivity index (χ0) is 27.2. The summed E-state index contributed by atoms with van der Waals surface area (Å²) in [5.74, 6) is -1.95. The van der Waals surface area contributed by atoms with Gasteiger partial charge in [0.2, 0.25) is 0 Å². The molecule has 2 N–H and O–H groups in total. The van der Waals surface area contributed by atoms with Gasteiger partial charge in [0, 0.05) is 10.8 Å². The second-order valence-electron chi connectivity index (χ2n) is 11.4. The normalized spacial score (nSPS) is 17.2. The third kappa shape index (κ3) is 6.47. The Kier molecular flexibility index (Phi) is 9.20. The minimum atomic E-state index is -1.04. The highest BCUT2D eigenvalue weighted by molar-refractivity contribution is 6.14. The van der Waals surface area contributed by atoms with Gasteiger partial charge in [0.05, 0.1) is 5.56 Å². The topological polar surface area (TPSA) is 94.2 Å². The molecule has 0 amide bonds. The first-order valence-electron chi connectivity index (χ1n) is 14.9. The van der Waals surface area contributed by atoms with Gasteiger partial charge in [0.15, 0.2) is 0 Å². The lowest BCUT2D eigenvalue weighted by molar-refractivity contribution is 0.0685. The van der Waals surface area contributed by atoms with Gasteiger partial charge in [-0.3, -0.25) is 0 Å². The summed E-state index contributed by atoms with van der Waals surface area (Å²) < 4.78 is 6.17. The Morgan fingerprint density at radius 3 is 1.97 bits per heavy atom. The van der Waals surface area contributed by atoms with Crippen LogP contribution in [-0.2, 0) is 12.8 Å². The molecule has 2 aromatic carbocycles. The van der Waals surface area contributed by atoms with Crippen molar-refractivity contribution in [3.8, 4) is 0 Å². The highest BCUT2D eigenvalue weighted by Gasteiger charge is 2.24. The second kappa shape index (κ2) is 13.0. The number of unbranched alkanes of at least 4 members (excludes halogenated alkanes) is 2. The largest absolute Gasteiger partial charge is 0.478 e. The lowest BCUT2D eigenvalue weighted by atomic mass is 9.90. The first kappa shape index (κ1) is 27.7. The number of fused-ring (bicyclic) bond motifs is 3. The molecule has 210 valence electrons. The predicted octanol–water partition coefficient (Wildman–Crippen LogP) is 6.60. The molecule has 2 fully saturated rings. The summed E-state index contributed by atoms with van der Waals surface area (Å²) in [7, 11) is 0. The second-order valence-corrected chi connectivity index (χ2v) is 11.4. The van der Waals surface area contributed by atoms with Gasteiger partial charge in [-0.15, -0.1) is 0 Å². The molecule has 2 aliphatic heterocycles. The highest BCUT2D eigenvalue weighted by atomic mass is 16.4. The van der Waals surface area contributed by atoms with E-state index in [2.05, 4.69) is 9.80 Å². The molecule has 2 aliphatic rings. The van der Waals surface area contributed by atoms with Crippen molar-refractivity contribution in [1.29, 1.82) is 0 Å². The molecule has 0 atom stereocenters. The number of aryl methyl sites for hydroxylation is 2. The number of aromatic carboxylic acids is 2. The fourth-order valence-corrected chi connectivity index (χ4v) is 6.64. The van der Waals surface area contributed by atoms with Gasteiger partial charge in [0.1, 0.15) is 16.7 Å². The maximum absolute atomic E-state index is 12.7. The highest BCUT2D eigenvalue weighted by Crippen LogP contribution is 2.38. The maximum atomic E-state index is 12.7. The van der Waals surface area contributed by atoms with E-state index in [0.29, 0.717) is 35.0 Å². The van der Waals surface area contributed by atoms with Gasteiger partial charge in [0.25, 0.3) is 0 Å². The Bertz CT molecular complexity index is 1300. The molecule has 7 heteroatoms. The Morgan fingerprint density at radius 1 is 0.769 bits per heavy atom. The summed E-state index contributed by atoms with van der Waals surface area (Å²) in [5.41, 5.74) is 3.03. The molecule has 0 spiro atoms. The molecule has 0 unspecified atom stereocenters. The van der Waals surface area contributed by atoms with E-state index >= 15 is 0 Å². The number of hydrogen-bond acceptors (Lipinski definition) is 5. The zero-order valence-electron chi connectivity index (χ0n) is 23.1. The SMILES string of the molecule is O=C(O)c1c(CCCCN2CCCCC2)cc2oc3c(C(=O)O)cccc3c2c1CCCCN1CCCCC1. The van der Waals surface area contributed by atoms with Crippen LogP contribution in [0.1, 0.15) is 96.1 Å². The summed E-state index contributed by atoms with van der Waals surface area (Å²) in [6, 6.07) is 6.98. The monoisotopic (exact) mass is 534 g/mol. The van der Waals surface area contributed by atoms with Crippen molar-refractivity contribution in [2.45, 2.75) is 77.0 Å². The Morgan fingerprint density at radius 2 is 1.38 bits per heavy atom. The number of hydrogen-bond donors (Lipinski definition) is 2. The lowest BCUT2D eigenvalue weighted by Crippen LogP contribution is -2.30. The lowest BCUT2D eigenvalue weighted by Gasteiger charge is -2.26. The van der Waals surface area contributed by atoms with E-state index in [9.17, 15) is 19.8 Å². The molecule has 3 aromatic rings. The van der Waals surface area contributed by atoms with Gasteiger partial charge in [-0.1, -0.05) is 25.0 Å². The molecule has 0 radical (unpaired) electrons. The standard InChI is InChI=1S/C32H42N2O5/c35-31(36)26-15-11-14-25-29-24(13-4-10-21-34-18-7-2-8-19-34)28(32(37)38)23(22-27(29)39-30(25)26)12-3-9-20-33-16-5-1-6-17-33/h11,14-15,22H,1-10,12-13,16-21H2,(H,35,36)(H,37,38). The minimum Gasteiger partial charge on any atom is -0.478 e. The first-order valence-corrected chi connectivity index (χ1v) is 14.9. The van der Waals surface area contributed by atoms with Crippen LogP contribution >= 0.6 is 0 Å². The smallest absolute Gasteiger partial charge is 0.339 e. The number of likely N-dealkylation sites (tertiary alicyclic amines) is 2. The number of furan rings is 1. The third-order valence-corrected chi connectivity index (χ3v) is 8.64. The number of benzene rings is 2. The molecule has 39 heavy (non-hydrogen) atoms. The van der Waals surface area contributed by atoms with E-state index in [4.69, 9.17) is 4.42 Å². The number of carboxylic acids is 2. The maximum Gasteiger partial charge on any atom is 0.339 e. The number of carbonyl (C=O) groups is 2. The van der Waals surface area contributed by atoms with Crippen LogP contribution < -0.4 is 0 Å². The van der Waals surface area contributed by atoms with Gasteiger partial charge in [-0.05, 0) is 127 Å². The Balaban J connectivity index is 1.43. The quantitative estimate of drug-likeness (QED) is 0.253. The molecule has 2 saturated heterocycles. The summed E-state index contributed by atoms with van der Waals surface area (Å²) in [4.78, 5) is 29.7. The molecule has 3 heterocycles. The van der Waals surface area contributed by atoms with E-state index in [0.717, 1.165) is 68.4 Å². The fourth-order valence-electron chi connectivity index (χ4n) is 6.64. The Hall–Kier alpha value is -2.90. The van der Waals surface area contributed by atoms with Crippen molar-refractivity contribution in [2.24, 2.45) is 0 Å². The molecule has 0 saturated carbocycles. The number of rotatable bonds is 12. The van der Waals surface area contributed by atoms with Gasteiger partial charge >= 0.3 is 11.9 Å². The van der Waals surface area contributed by atoms with Gasteiger partial charge in [-0.25, -0.2) is 9.59 Å². The first-order chi connectivity index (χ1) is 19.0. The van der Waals surface area contributed by atoms with Crippen molar-refractivity contribution < 1.29 is 24.2 Å². The number of nitrogens with zero attached hydrogens (tertiary/aromatic N) is 2. The van der Waals surface area contributed by atoms with Gasteiger partial charge < -0.3 is 24.4 Å². The van der Waals surface area contributed by atoms with Crippen LogP contribution in [0, 0.1) is 0 Å². The van der Waals surface area contributed by atoms with Gasteiger partial charge in [-0.2, -0.15) is 0 Å². The number of carboxylic acid groups (broad SMARTS) is 2. The van der Waals surface area contributed by atoms with Crippen LogP contribution in [0.4, 0.5) is 0 Å². The average molecular weight is 535 g/mol. The summed E-state index contributed by atoms with van der Waals surface area (Å²) in [5, 5.41) is 21.7. The van der Waals surface area contributed by atoms with Crippen LogP contribution in [0.15, 0.2) is 28.7 Å². The molecular weight excluding hydrogens is 492 g/mol. The van der Waals surface area contributed by atoms with Crippen LogP contribution in [-0.4, -0.2) is 71.2 Å². The number of piperidine rings is 2. The number of para-hydroxylation sites is 1. The summed E-state index contributed by atoms with van der Waals surface area (Å²) >= 11 is 0. The van der Waals surface area contributed by atoms with Crippen LogP contribution in [0.25, 0.3) is 21.9 Å². The van der Waals surface area contributed by atoms with Crippen molar-refractivity contribution in [3.63, 3.8) is 0 Å². The molecule has 5 rings (SSSR count). The van der Waals surface area contributed by atoms with E-state index in [1.807, 2.05) is 12.1 Å². The average Bonchev–Trinajstić information content (AvgIpc) is 3.32. The third-order valence-electron chi connectivity index (χ3n) is 8.64. The van der Waals surface area contributed by atoms with Crippen LogP contribution in [0.3, 0.4) is 0 Å². The molecule has 7 nitrogen and oxygen atoms in total. The van der Waals surface area contributed by atoms with E-state index in [-0.39, 0.29) is 5.56 Å². The summed E-state index contributed by atoms with van der Waals surface area (Å²) in [6.45, 7) is 6.74. The van der Waals surface area contributed by atoms with E-state index in [1.54, 1.807) is 12.1 Å². The molecule has 0 aliphatic carbocycles. The molecule has 0 bridgehead atoms. The zero-order valence-corrected chi connectivity index (χ0v) is 23.1. The minimum absolute atomic E-state index is 0.111. The molecular formula is C32H42N2O5. The van der Waals surface area contributed by atoms with Crippen LogP contribution in [0.5, 0.6) is 0 Å². The Labute approximate surface area is 230 Å². The van der Waals surface area contributed by atoms with Crippen molar-refractivity contribution in [2.75, 3.05) is 39.3 Å². The van der Waals surface area contributed by atoms with Crippen LogP contribution in [0.2, 0.25) is 0 Å². The predicted molar refractivity (Wildman–Crippen MR) is 154 cm³/mol. The van der Waals surface area contributed by atoms with Crippen molar-refractivity contribution in [1.82, 2.24) is 9.80 Å². The van der Waals surface area contributed by atoms with E-state index in [1.165, 1.54) is 51.6 Å². The van der Waals surface area contributed by atoms with E-state index < -0.39 is 11.9 Å². The fraction of sp³-hybridized carbons (Fsp3) is 0.562. The molecule has 1 aromatic heterocycles. The van der Waals surface area contributed by atoms with Crippen molar-refractivity contribution >= 4 is 33.9 Å². The summed E-state index contributed by atoms with van der Waals surface area (Å²) in [6.07, 6.45) is 12.8. The van der Waals surface area contributed by atoms with Crippen molar-refractivity contribution in [3.05, 3.63) is 46.5 Å².